The van der Waals surface area contributed by atoms with Gasteiger partial charge in [0.2, 0.25) is 0 Å². The molecule has 1 aliphatic heterocycles. The number of carbonyl (C=O) groups is 1. The third-order valence-electron chi connectivity index (χ3n) is 5.79. The summed E-state index contributed by atoms with van der Waals surface area (Å²) in [6, 6.07) is 12.2. The molecule has 7 nitrogen and oxygen atoms in total. The molecule has 5 rings (SSSR count). The molecule has 4 heterocycles. The molecule has 0 spiro atoms. The van der Waals surface area contributed by atoms with Crippen LogP contribution in [0.1, 0.15) is 28.8 Å². The largest absolute Gasteiger partial charge is 0.378 e. The highest BCUT2D eigenvalue weighted by Crippen LogP contribution is 2.29. The molecule has 1 aliphatic rings. The number of hydrogen-bond donors (Lipinski definition) is 1. The van der Waals surface area contributed by atoms with E-state index in [4.69, 9.17) is 0 Å². The Kier molecular flexibility index (Phi) is 4.04. The zero-order valence-corrected chi connectivity index (χ0v) is 16.9. The standard InChI is InChI=1S/C22H24N6O/c1-14-24-18-5-4-9-23-21(18)28(14)17-8-10-27(13-17)22(29)20-11-15-6-7-16(26(2)3)12-19(15)25-20/h4-7,9,11-12,17,25H,8,10,13H2,1-3H3/t17-/m0/s1. The Balaban J connectivity index is 1.40. The summed E-state index contributed by atoms with van der Waals surface area (Å²) in [6.07, 6.45) is 2.70. The van der Waals surface area contributed by atoms with Crippen molar-refractivity contribution in [2.45, 2.75) is 19.4 Å². The van der Waals surface area contributed by atoms with E-state index in [0.29, 0.717) is 12.2 Å². The van der Waals surface area contributed by atoms with Gasteiger partial charge in [-0.05, 0) is 43.7 Å². The van der Waals surface area contributed by atoms with Crippen LogP contribution in [0.15, 0.2) is 42.6 Å². The van der Waals surface area contributed by atoms with Gasteiger partial charge < -0.3 is 19.4 Å². The van der Waals surface area contributed by atoms with Gasteiger partial charge in [0.15, 0.2) is 5.65 Å². The van der Waals surface area contributed by atoms with E-state index in [2.05, 4.69) is 42.6 Å². The average molecular weight is 388 g/mol. The van der Waals surface area contributed by atoms with Gasteiger partial charge in [-0.3, -0.25) is 4.79 Å². The van der Waals surface area contributed by atoms with Crippen LogP contribution < -0.4 is 4.90 Å². The molecule has 0 unspecified atom stereocenters. The predicted molar refractivity (Wildman–Crippen MR) is 114 cm³/mol. The van der Waals surface area contributed by atoms with Crippen molar-refractivity contribution in [1.82, 2.24) is 24.4 Å². The number of nitrogens with one attached hydrogen (secondary N) is 1. The number of imidazole rings is 1. The number of amides is 1. The van der Waals surface area contributed by atoms with E-state index in [-0.39, 0.29) is 11.9 Å². The number of aryl methyl sites for hydroxylation is 1. The number of fused-ring (bicyclic) bond motifs is 2. The van der Waals surface area contributed by atoms with Crippen molar-refractivity contribution >= 4 is 33.7 Å². The molecule has 29 heavy (non-hydrogen) atoms. The summed E-state index contributed by atoms with van der Waals surface area (Å²) in [7, 11) is 4.02. The third kappa shape index (κ3) is 2.93. The highest BCUT2D eigenvalue weighted by Gasteiger charge is 2.30. The maximum atomic E-state index is 13.1. The molecular weight excluding hydrogens is 364 g/mol. The minimum atomic E-state index is 0.0464. The van der Waals surface area contributed by atoms with Crippen LogP contribution in [0, 0.1) is 6.92 Å². The van der Waals surface area contributed by atoms with Crippen molar-refractivity contribution in [2.24, 2.45) is 0 Å². The first-order valence-electron chi connectivity index (χ1n) is 9.90. The normalized spacial score (nSPS) is 16.8. The summed E-state index contributed by atoms with van der Waals surface area (Å²) in [5.74, 6) is 0.991. The number of carbonyl (C=O) groups excluding carboxylic acids is 1. The lowest BCUT2D eigenvalue weighted by atomic mass is 10.2. The summed E-state index contributed by atoms with van der Waals surface area (Å²) in [5.41, 5.74) is 4.53. The lowest BCUT2D eigenvalue weighted by Crippen LogP contribution is -2.29. The number of likely N-dealkylation sites (tertiary alicyclic amines) is 1. The zero-order valence-electron chi connectivity index (χ0n) is 16.9. The van der Waals surface area contributed by atoms with Crippen molar-refractivity contribution in [3.05, 3.63) is 54.1 Å². The van der Waals surface area contributed by atoms with Gasteiger partial charge in [0.05, 0.1) is 6.04 Å². The third-order valence-corrected chi connectivity index (χ3v) is 5.79. The van der Waals surface area contributed by atoms with Gasteiger partial charge in [-0.15, -0.1) is 0 Å². The number of hydrogen-bond acceptors (Lipinski definition) is 4. The van der Waals surface area contributed by atoms with Crippen molar-refractivity contribution in [2.75, 3.05) is 32.1 Å². The fourth-order valence-electron chi connectivity index (χ4n) is 4.30. The summed E-state index contributed by atoms with van der Waals surface area (Å²) < 4.78 is 2.18. The number of aromatic nitrogens is 4. The van der Waals surface area contributed by atoms with Crippen molar-refractivity contribution in [1.29, 1.82) is 0 Å². The lowest BCUT2D eigenvalue weighted by molar-refractivity contribution is 0.0783. The second-order valence-corrected chi connectivity index (χ2v) is 7.92. The summed E-state index contributed by atoms with van der Waals surface area (Å²) in [4.78, 5) is 29.6. The first-order valence-corrected chi connectivity index (χ1v) is 9.90. The first kappa shape index (κ1) is 17.7. The van der Waals surface area contributed by atoms with E-state index in [9.17, 15) is 4.79 Å². The predicted octanol–water partition coefficient (Wildman–Crippen LogP) is 3.37. The molecule has 1 N–H and O–H groups in total. The van der Waals surface area contributed by atoms with Gasteiger partial charge >= 0.3 is 0 Å². The molecule has 1 aromatic carbocycles. The van der Waals surface area contributed by atoms with E-state index in [1.807, 2.05) is 44.1 Å². The van der Waals surface area contributed by atoms with E-state index in [0.717, 1.165) is 46.5 Å². The minimum absolute atomic E-state index is 0.0464. The average Bonchev–Trinajstić information content (AvgIpc) is 3.42. The lowest BCUT2D eigenvalue weighted by Gasteiger charge is -2.17. The van der Waals surface area contributed by atoms with Gasteiger partial charge in [0.25, 0.3) is 5.91 Å². The zero-order chi connectivity index (χ0) is 20.1. The van der Waals surface area contributed by atoms with Crippen LogP contribution in [-0.2, 0) is 0 Å². The molecule has 0 radical (unpaired) electrons. The minimum Gasteiger partial charge on any atom is -0.378 e. The Morgan fingerprint density at radius 2 is 2.10 bits per heavy atom. The maximum absolute atomic E-state index is 13.1. The Bertz CT molecular complexity index is 1220. The number of anilines is 1. The Morgan fingerprint density at radius 1 is 1.24 bits per heavy atom. The van der Waals surface area contributed by atoms with E-state index < -0.39 is 0 Å². The molecule has 3 aromatic heterocycles. The second kappa shape index (κ2) is 6.62. The highest BCUT2D eigenvalue weighted by atomic mass is 16.2. The van der Waals surface area contributed by atoms with Crippen LogP contribution in [0.2, 0.25) is 0 Å². The molecule has 1 atom stereocenters. The fourth-order valence-corrected chi connectivity index (χ4v) is 4.30. The first-order chi connectivity index (χ1) is 14.0. The fraction of sp³-hybridized carbons (Fsp3) is 0.318. The molecule has 0 saturated carbocycles. The molecule has 1 saturated heterocycles. The summed E-state index contributed by atoms with van der Waals surface area (Å²) >= 11 is 0. The van der Waals surface area contributed by atoms with Gasteiger partial charge in [-0.2, -0.15) is 0 Å². The van der Waals surface area contributed by atoms with Gasteiger partial charge in [-0.25, -0.2) is 9.97 Å². The van der Waals surface area contributed by atoms with E-state index >= 15 is 0 Å². The number of benzene rings is 1. The molecule has 4 aromatic rings. The monoisotopic (exact) mass is 388 g/mol. The van der Waals surface area contributed by atoms with Crippen LogP contribution in [0.3, 0.4) is 0 Å². The molecule has 1 amide bonds. The SMILES string of the molecule is Cc1nc2cccnc2n1[C@H]1CCN(C(=O)c2cc3ccc(N(C)C)cc3[nH]2)C1. The van der Waals surface area contributed by atoms with Crippen molar-refractivity contribution in [3.8, 4) is 0 Å². The Hall–Kier alpha value is -3.35. The van der Waals surface area contributed by atoms with Crippen LogP contribution in [0.5, 0.6) is 0 Å². The molecule has 148 valence electrons. The number of pyridine rings is 1. The van der Waals surface area contributed by atoms with Gasteiger partial charge in [0.1, 0.15) is 17.0 Å². The summed E-state index contributed by atoms with van der Waals surface area (Å²) in [6.45, 7) is 3.40. The number of aromatic amines is 1. The highest BCUT2D eigenvalue weighted by molar-refractivity contribution is 5.98. The smallest absolute Gasteiger partial charge is 0.270 e. The summed E-state index contributed by atoms with van der Waals surface area (Å²) in [5, 5.41) is 1.05. The topological polar surface area (TPSA) is 70.1 Å². The van der Waals surface area contributed by atoms with Crippen LogP contribution in [0.4, 0.5) is 5.69 Å². The Labute approximate surface area is 169 Å². The van der Waals surface area contributed by atoms with Gasteiger partial charge in [-0.1, -0.05) is 6.07 Å². The van der Waals surface area contributed by atoms with Crippen molar-refractivity contribution < 1.29 is 4.79 Å². The second-order valence-electron chi connectivity index (χ2n) is 7.92. The quantitative estimate of drug-likeness (QED) is 0.584. The van der Waals surface area contributed by atoms with Crippen LogP contribution in [-0.4, -0.2) is 57.5 Å². The van der Waals surface area contributed by atoms with Crippen LogP contribution in [0.25, 0.3) is 22.1 Å². The maximum Gasteiger partial charge on any atom is 0.270 e. The van der Waals surface area contributed by atoms with Crippen LogP contribution >= 0.6 is 0 Å². The molecule has 7 heteroatoms. The van der Waals surface area contributed by atoms with E-state index in [1.54, 1.807) is 6.20 Å². The van der Waals surface area contributed by atoms with Crippen molar-refractivity contribution in [3.63, 3.8) is 0 Å². The Morgan fingerprint density at radius 3 is 2.93 bits per heavy atom. The molecule has 1 fully saturated rings. The molecule has 0 aliphatic carbocycles. The molecule has 0 bridgehead atoms. The molecular formula is C22H24N6O. The van der Waals surface area contributed by atoms with Gasteiger partial charge in [0, 0.05) is 50.0 Å². The van der Waals surface area contributed by atoms with E-state index in [1.165, 1.54) is 0 Å². The number of rotatable bonds is 3. The number of nitrogens with zero attached hydrogens (tertiary/aromatic N) is 5. The number of H-pyrrole nitrogens is 1.